The maximum atomic E-state index is 13.8. The number of carbonyl (C=O) groups is 1. The van der Waals surface area contributed by atoms with Crippen LogP contribution in [0.2, 0.25) is 0 Å². The number of benzene rings is 3. The molecule has 34 heavy (non-hydrogen) atoms. The Morgan fingerprint density at radius 1 is 0.941 bits per heavy atom. The van der Waals surface area contributed by atoms with Crippen LogP contribution in [0.4, 0.5) is 13.6 Å². The van der Waals surface area contributed by atoms with Crippen molar-refractivity contribution in [2.24, 2.45) is 0 Å². The molecule has 0 spiro atoms. The molecule has 7 heteroatoms. The van der Waals surface area contributed by atoms with E-state index < -0.39 is 29.9 Å². The van der Waals surface area contributed by atoms with E-state index in [0.29, 0.717) is 25.3 Å². The lowest BCUT2D eigenvalue weighted by Crippen LogP contribution is -2.56. The molecule has 2 fully saturated rings. The third-order valence-electron chi connectivity index (χ3n) is 6.47. The second-order valence-electron chi connectivity index (χ2n) is 8.71. The van der Waals surface area contributed by atoms with Crippen molar-refractivity contribution in [1.29, 1.82) is 0 Å². The van der Waals surface area contributed by atoms with Gasteiger partial charge in [-0.05, 0) is 35.2 Å². The van der Waals surface area contributed by atoms with Crippen LogP contribution >= 0.6 is 0 Å². The van der Waals surface area contributed by atoms with Crippen molar-refractivity contribution in [3.8, 4) is 0 Å². The number of nitrogens with zero attached hydrogens (tertiary/aromatic N) is 1. The fourth-order valence-electron chi connectivity index (χ4n) is 5.06. The van der Waals surface area contributed by atoms with Crippen molar-refractivity contribution in [3.05, 3.63) is 107 Å². The standard InChI is InChI=1S/C27H26F2N2O3/c28-21-13-18(14-22(29)16-21)15-23-26(34-27(32)30-23)24-17-33-12-11-31(24)25(19-7-3-1-4-8-19)20-9-5-2-6-10-20/h1-10,13-14,16,23-26H,11-12,15,17H2,(H,30,32)/t23?,24-,26+/m1/s1. The van der Waals surface area contributed by atoms with Crippen molar-refractivity contribution < 1.29 is 23.0 Å². The summed E-state index contributed by atoms with van der Waals surface area (Å²) in [6.07, 6.45) is -0.834. The molecule has 1 amide bonds. The van der Waals surface area contributed by atoms with E-state index in [1.54, 1.807) is 0 Å². The van der Waals surface area contributed by atoms with Gasteiger partial charge in [-0.3, -0.25) is 4.90 Å². The molecule has 0 bridgehead atoms. The molecule has 0 radical (unpaired) electrons. The Kier molecular flexibility index (Phi) is 6.56. The van der Waals surface area contributed by atoms with Gasteiger partial charge in [0.2, 0.25) is 0 Å². The van der Waals surface area contributed by atoms with E-state index in [0.717, 1.165) is 17.2 Å². The molecule has 2 aliphatic heterocycles. The van der Waals surface area contributed by atoms with Crippen molar-refractivity contribution in [2.75, 3.05) is 19.8 Å². The molecule has 3 aromatic rings. The number of rotatable bonds is 6. The van der Waals surface area contributed by atoms with Crippen molar-refractivity contribution >= 4 is 6.09 Å². The zero-order valence-electron chi connectivity index (χ0n) is 18.6. The minimum Gasteiger partial charge on any atom is -0.442 e. The van der Waals surface area contributed by atoms with Crippen LogP contribution in [0, 0.1) is 11.6 Å². The number of hydrogen-bond acceptors (Lipinski definition) is 4. The zero-order valence-corrected chi connectivity index (χ0v) is 18.6. The summed E-state index contributed by atoms with van der Waals surface area (Å²) in [5, 5.41) is 2.84. The normalized spacial score (nSPS) is 23.0. The van der Waals surface area contributed by atoms with Gasteiger partial charge in [0.25, 0.3) is 0 Å². The van der Waals surface area contributed by atoms with Gasteiger partial charge >= 0.3 is 6.09 Å². The number of cyclic esters (lactones) is 1. The van der Waals surface area contributed by atoms with Gasteiger partial charge in [-0.15, -0.1) is 0 Å². The number of nitrogens with one attached hydrogen (secondary N) is 1. The van der Waals surface area contributed by atoms with Crippen LogP contribution in [-0.4, -0.2) is 48.9 Å². The van der Waals surface area contributed by atoms with E-state index in [1.165, 1.54) is 12.1 Å². The molecule has 3 aromatic carbocycles. The summed E-state index contributed by atoms with van der Waals surface area (Å²) in [6.45, 7) is 1.58. The summed E-state index contributed by atoms with van der Waals surface area (Å²) >= 11 is 0. The Balaban J connectivity index is 1.48. The van der Waals surface area contributed by atoms with E-state index >= 15 is 0 Å². The first kappa shape index (κ1) is 22.5. The Hall–Kier alpha value is -3.29. The molecule has 0 aromatic heterocycles. The van der Waals surface area contributed by atoms with Crippen LogP contribution in [0.25, 0.3) is 0 Å². The van der Waals surface area contributed by atoms with Crippen molar-refractivity contribution in [2.45, 2.75) is 30.7 Å². The van der Waals surface area contributed by atoms with Crippen LogP contribution in [0.3, 0.4) is 0 Å². The van der Waals surface area contributed by atoms with Crippen molar-refractivity contribution in [1.82, 2.24) is 10.2 Å². The van der Waals surface area contributed by atoms with Gasteiger partial charge in [-0.25, -0.2) is 13.6 Å². The first-order valence-electron chi connectivity index (χ1n) is 11.4. The summed E-state index contributed by atoms with van der Waals surface area (Å²) in [6, 6.07) is 23.0. The molecular weight excluding hydrogens is 438 g/mol. The summed E-state index contributed by atoms with van der Waals surface area (Å²) in [5.74, 6) is -1.29. The number of halogens is 2. The molecular formula is C27H26F2N2O3. The highest BCUT2D eigenvalue weighted by Gasteiger charge is 2.45. The third kappa shape index (κ3) is 4.81. The maximum Gasteiger partial charge on any atom is 0.407 e. The molecule has 2 heterocycles. The van der Waals surface area contributed by atoms with Gasteiger partial charge < -0.3 is 14.8 Å². The zero-order chi connectivity index (χ0) is 23.5. The summed E-state index contributed by atoms with van der Waals surface area (Å²) in [7, 11) is 0. The van der Waals surface area contributed by atoms with Crippen LogP contribution in [-0.2, 0) is 15.9 Å². The van der Waals surface area contributed by atoms with Gasteiger partial charge in [0.15, 0.2) is 0 Å². The quantitative estimate of drug-likeness (QED) is 0.585. The number of ether oxygens (including phenoxy) is 2. The van der Waals surface area contributed by atoms with Crippen molar-refractivity contribution in [3.63, 3.8) is 0 Å². The molecule has 2 aliphatic rings. The minimum atomic E-state index is -0.646. The molecule has 5 nitrogen and oxygen atoms in total. The Morgan fingerprint density at radius 3 is 2.18 bits per heavy atom. The van der Waals surface area contributed by atoms with E-state index in [1.807, 2.05) is 36.4 Å². The molecule has 2 saturated heterocycles. The molecule has 1 N–H and O–H groups in total. The van der Waals surface area contributed by atoms with E-state index in [9.17, 15) is 13.6 Å². The highest BCUT2D eigenvalue weighted by Crippen LogP contribution is 2.34. The second kappa shape index (κ2) is 9.91. The SMILES string of the molecule is O=C1NC(Cc2cc(F)cc(F)c2)[C@@H]([C@H]2COCCN2C(c2ccccc2)c2ccccc2)O1. The number of hydrogen-bond donors (Lipinski definition) is 1. The lowest BCUT2D eigenvalue weighted by molar-refractivity contribution is -0.0685. The van der Waals surface area contributed by atoms with E-state index in [2.05, 4.69) is 34.5 Å². The minimum absolute atomic E-state index is 0.0668. The average molecular weight is 465 g/mol. The number of morpholine rings is 1. The first-order chi connectivity index (χ1) is 16.6. The average Bonchev–Trinajstić information content (AvgIpc) is 3.20. The molecule has 176 valence electrons. The van der Waals surface area contributed by atoms with Gasteiger partial charge in [0, 0.05) is 12.6 Å². The summed E-state index contributed by atoms with van der Waals surface area (Å²) < 4.78 is 39.2. The van der Waals surface area contributed by atoms with Crippen LogP contribution < -0.4 is 5.32 Å². The Bertz CT molecular complexity index is 1070. The number of alkyl carbamates (subject to hydrolysis) is 1. The second-order valence-corrected chi connectivity index (χ2v) is 8.71. The lowest BCUT2D eigenvalue weighted by Gasteiger charge is -2.44. The van der Waals surface area contributed by atoms with Gasteiger partial charge in [-0.1, -0.05) is 60.7 Å². The highest BCUT2D eigenvalue weighted by molar-refractivity contribution is 5.70. The topological polar surface area (TPSA) is 50.8 Å². The van der Waals surface area contributed by atoms with Crippen LogP contribution in [0.5, 0.6) is 0 Å². The molecule has 5 rings (SSSR count). The van der Waals surface area contributed by atoms with Gasteiger partial charge in [-0.2, -0.15) is 0 Å². The van der Waals surface area contributed by atoms with Gasteiger partial charge in [0.05, 0.1) is 31.3 Å². The molecule has 1 unspecified atom stereocenters. The molecule has 3 atom stereocenters. The fourth-order valence-corrected chi connectivity index (χ4v) is 5.06. The Labute approximate surface area is 197 Å². The Morgan fingerprint density at radius 2 is 1.56 bits per heavy atom. The monoisotopic (exact) mass is 464 g/mol. The summed E-state index contributed by atoms with van der Waals surface area (Å²) in [5.41, 5.74) is 2.72. The third-order valence-corrected chi connectivity index (χ3v) is 6.47. The van der Waals surface area contributed by atoms with Crippen LogP contribution in [0.15, 0.2) is 78.9 Å². The van der Waals surface area contributed by atoms with Crippen LogP contribution in [0.1, 0.15) is 22.7 Å². The molecule has 0 aliphatic carbocycles. The largest absolute Gasteiger partial charge is 0.442 e. The first-order valence-corrected chi connectivity index (χ1v) is 11.4. The lowest BCUT2D eigenvalue weighted by atomic mass is 9.91. The predicted molar refractivity (Wildman–Crippen MR) is 123 cm³/mol. The number of carbonyl (C=O) groups excluding carboxylic acids is 1. The predicted octanol–water partition coefficient (Wildman–Crippen LogP) is 4.47. The fraction of sp³-hybridized carbons (Fsp3) is 0.296. The summed E-state index contributed by atoms with van der Waals surface area (Å²) in [4.78, 5) is 14.6. The van der Waals surface area contributed by atoms with Gasteiger partial charge in [0.1, 0.15) is 17.7 Å². The number of amides is 1. The van der Waals surface area contributed by atoms with E-state index in [-0.39, 0.29) is 18.5 Å². The maximum absolute atomic E-state index is 13.8. The molecule has 0 saturated carbocycles. The smallest absolute Gasteiger partial charge is 0.407 e. The highest BCUT2D eigenvalue weighted by atomic mass is 19.1. The van der Waals surface area contributed by atoms with E-state index in [4.69, 9.17) is 9.47 Å².